The Labute approximate surface area is 552 Å². The number of nitrogens with one attached hydrogen (secondary N) is 6. The first kappa shape index (κ1) is 63.4. The molecule has 8 heterocycles. The van der Waals surface area contributed by atoms with Crippen molar-refractivity contribution in [3.8, 4) is 0 Å². The number of carbonyl (C=O) groups is 8. The standard InChI is InChI=1S/2C34H38ClN5O5S/c2*1-45-33(43)26-16-23-22-6-2-3-7-24(22)36-30(23)32(40(26)29(42)17-35)19-10-12-20(13-11-19)39(21-14-15-21)28(41)9-5-4-8-27-31-25(18-46-27)37-34(44)38-31/h2*2-3,6-7,10-13,21,25-27,31-32,36H,4-5,8-9,14-18H2,1H3,(H2,37,38,44)/t25-,26+,27-,31-,32+;25-,26+,27-,31-,32-/m00/s1. The summed E-state index contributed by atoms with van der Waals surface area (Å²) in [5, 5.41) is 14.8. The molecule has 6 aromatic rings. The van der Waals surface area contributed by atoms with Crippen molar-refractivity contribution >= 4 is 128 Å². The zero-order chi connectivity index (χ0) is 63.9. The molecule has 6 fully saturated rings. The molecule has 2 aliphatic carbocycles. The molecular weight excluding hydrogens is 1250 g/mol. The van der Waals surface area contributed by atoms with E-state index in [1.165, 1.54) is 14.2 Å². The van der Waals surface area contributed by atoms with Crippen LogP contribution >= 0.6 is 46.7 Å². The highest BCUT2D eigenvalue weighted by Crippen LogP contribution is 2.45. The van der Waals surface area contributed by atoms with Gasteiger partial charge in [0, 0.05) is 104 Å². The van der Waals surface area contributed by atoms with E-state index in [1.807, 2.05) is 130 Å². The highest BCUT2D eigenvalue weighted by molar-refractivity contribution is 8.00. The van der Waals surface area contributed by atoms with Crippen molar-refractivity contribution in [2.24, 2.45) is 0 Å². The Hall–Kier alpha value is -7.40. The summed E-state index contributed by atoms with van der Waals surface area (Å²) in [5.74, 6) is -0.139. The summed E-state index contributed by atoms with van der Waals surface area (Å²) in [4.78, 5) is 117. The van der Waals surface area contributed by atoms with Crippen molar-refractivity contribution < 1.29 is 47.8 Å². The van der Waals surface area contributed by atoms with Crippen LogP contribution in [0.3, 0.4) is 0 Å². The second-order valence-corrected chi connectivity index (χ2v) is 28.3. The van der Waals surface area contributed by atoms with Crippen LogP contribution < -0.4 is 31.1 Å². The Kier molecular flexibility index (Phi) is 18.8. The van der Waals surface area contributed by atoms with E-state index in [2.05, 4.69) is 31.2 Å². The molecule has 484 valence electrons. The van der Waals surface area contributed by atoms with Gasteiger partial charge in [-0.3, -0.25) is 19.2 Å². The molecule has 0 spiro atoms. The van der Waals surface area contributed by atoms with Gasteiger partial charge in [0.25, 0.3) is 0 Å². The summed E-state index contributed by atoms with van der Waals surface area (Å²) in [6.45, 7) is 0. The van der Waals surface area contributed by atoms with E-state index >= 15 is 0 Å². The van der Waals surface area contributed by atoms with Crippen LogP contribution in [0.2, 0.25) is 0 Å². The van der Waals surface area contributed by atoms with Crippen LogP contribution in [0.4, 0.5) is 21.0 Å². The quantitative estimate of drug-likeness (QED) is 0.0181. The Morgan fingerprint density at radius 3 is 1.29 bits per heavy atom. The number of hydrogen-bond donors (Lipinski definition) is 6. The van der Waals surface area contributed by atoms with Gasteiger partial charge in [0.05, 0.1) is 50.5 Å². The first-order valence-corrected chi connectivity index (χ1v) is 35.2. The molecule has 0 bridgehead atoms. The van der Waals surface area contributed by atoms with Gasteiger partial charge in [0.15, 0.2) is 0 Å². The molecule has 4 saturated heterocycles. The van der Waals surface area contributed by atoms with Crippen LogP contribution in [0.5, 0.6) is 0 Å². The highest BCUT2D eigenvalue weighted by atomic mass is 35.5. The topological polar surface area (TPSA) is 248 Å². The molecule has 10 atom stereocenters. The van der Waals surface area contributed by atoms with E-state index in [0.717, 1.165) is 143 Å². The van der Waals surface area contributed by atoms with Crippen molar-refractivity contribution in [3.05, 3.63) is 131 Å². The molecule has 4 aromatic carbocycles. The van der Waals surface area contributed by atoms with Crippen LogP contribution in [0.25, 0.3) is 21.8 Å². The zero-order valence-corrected chi connectivity index (χ0v) is 54.5. The second-order valence-electron chi connectivity index (χ2n) is 25.2. The number of esters is 2. The van der Waals surface area contributed by atoms with Crippen molar-refractivity contribution in [2.75, 3.05) is 47.3 Å². The molecule has 2 saturated carbocycles. The molecule has 6 N–H and O–H groups in total. The number of hydrogen-bond acceptors (Lipinski definition) is 12. The SMILES string of the molecule is COC(=O)[C@H]1Cc2c([nH]c3ccccc23)[C@@H](c2ccc(N(C(=O)CCCC[C@@H]3SC[C@@H]4NC(=O)N[C@@H]43)C3CC3)cc2)N1C(=O)CCl.COC(=O)[C@H]1Cc2c([nH]c3ccccc23)[C@H](c2ccc(N(C(=O)CCCC[C@@H]3SC[C@@H]4NC(=O)N[C@@H]43)C3CC3)cc2)N1C(=O)CCl. The summed E-state index contributed by atoms with van der Waals surface area (Å²) in [7, 11) is 2.66. The Morgan fingerprint density at radius 1 is 0.533 bits per heavy atom. The summed E-state index contributed by atoms with van der Waals surface area (Å²) < 4.78 is 10.3. The summed E-state index contributed by atoms with van der Waals surface area (Å²) in [6.07, 6.45) is 10.9. The van der Waals surface area contributed by atoms with E-state index in [0.29, 0.717) is 36.2 Å². The van der Waals surface area contributed by atoms with Gasteiger partial charge in [0.1, 0.15) is 23.8 Å². The molecule has 0 radical (unpaired) electrons. The number of carbonyl (C=O) groups excluding carboxylic acids is 8. The number of alkyl halides is 2. The minimum Gasteiger partial charge on any atom is -0.467 e. The number of benzene rings is 4. The second kappa shape index (κ2) is 27.3. The summed E-state index contributed by atoms with van der Waals surface area (Å²) in [6, 6.07) is 29.6. The number of ether oxygens (including phenoxy) is 2. The van der Waals surface area contributed by atoms with E-state index < -0.39 is 36.1 Å². The van der Waals surface area contributed by atoms with E-state index in [-0.39, 0.29) is 83.7 Å². The predicted molar refractivity (Wildman–Crippen MR) is 356 cm³/mol. The van der Waals surface area contributed by atoms with Gasteiger partial charge in [-0.15, -0.1) is 23.2 Å². The lowest BCUT2D eigenvalue weighted by molar-refractivity contribution is -0.154. The number of thioether (sulfide) groups is 2. The normalized spacial score (nSPS) is 25.0. The van der Waals surface area contributed by atoms with Crippen molar-refractivity contribution in [3.63, 3.8) is 0 Å². The van der Waals surface area contributed by atoms with Crippen LogP contribution in [0.15, 0.2) is 97.1 Å². The van der Waals surface area contributed by atoms with Crippen LogP contribution in [-0.2, 0) is 51.1 Å². The molecule has 2 aromatic heterocycles. The molecule has 8 aliphatic rings. The van der Waals surface area contributed by atoms with Crippen LogP contribution in [0.1, 0.15) is 123 Å². The average molecular weight is 1330 g/mol. The smallest absolute Gasteiger partial charge is 0.328 e. The number of aromatic nitrogens is 2. The minimum absolute atomic E-state index is 0.0755. The number of unbranched alkanes of at least 4 members (excludes halogenated alkanes) is 2. The monoisotopic (exact) mass is 1330 g/mol. The van der Waals surface area contributed by atoms with Crippen molar-refractivity contribution in [2.45, 2.75) is 161 Å². The van der Waals surface area contributed by atoms with E-state index in [1.54, 1.807) is 9.80 Å². The van der Waals surface area contributed by atoms with Gasteiger partial charge < -0.3 is 60.3 Å². The first-order valence-electron chi connectivity index (χ1n) is 32.1. The van der Waals surface area contributed by atoms with Gasteiger partial charge in [0.2, 0.25) is 23.6 Å². The summed E-state index contributed by atoms with van der Waals surface area (Å²) in [5.41, 5.74) is 8.80. The number of anilines is 2. The number of fused-ring (bicyclic) bond motifs is 8. The van der Waals surface area contributed by atoms with Crippen molar-refractivity contribution in [1.29, 1.82) is 0 Å². The number of aromatic amines is 2. The minimum atomic E-state index is -0.827. The molecule has 14 rings (SSSR count). The van der Waals surface area contributed by atoms with Crippen molar-refractivity contribution in [1.82, 2.24) is 41.0 Å². The van der Waals surface area contributed by atoms with E-state index in [9.17, 15) is 38.4 Å². The lowest BCUT2D eigenvalue weighted by Gasteiger charge is -2.40. The average Bonchev–Trinajstić information content (AvgIpc) is 1.50. The zero-order valence-electron chi connectivity index (χ0n) is 51.3. The maximum Gasteiger partial charge on any atom is 0.328 e. The van der Waals surface area contributed by atoms with Gasteiger partial charge in [-0.25, -0.2) is 19.2 Å². The number of nitrogens with zero attached hydrogens (tertiary/aromatic N) is 4. The van der Waals surface area contributed by atoms with Crippen LogP contribution in [-0.4, -0.2) is 164 Å². The molecule has 6 aliphatic heterocycles. The lowest BCUT2D eigenvalue weighted by Crippen LogP contribution is -2.52. The molecule has 92 heavy (non-hydrogen) atoms. The number of amides is 8. The Balaban J connectivity index is 0.000000168. The molecular formula is C68H76Cl2N10O10S2. The molecule has 0 unspecified atom stereocenters. The fraction of sp³-hybridized carbons (Fsp3) is 0.471. The van der Waals surface area contributed by atoms with E-state index in [4.69, 9.17) is 32.7 Å². The van der Waals surface area contributed by atoms with Gasteiger partial charge >= 0.3 is 24.0 Å². The maximum absolute atomic E-state index is 13.6. The predicted octanol–water partition coefficient (Wildman–Crippen LogP) is 9.29. The van der Waals surface area contributed by atoms with Gasteiger partial charge in [-0.05, 0) is 110 Å². The third kappa shape index (κ3) is 12.6. The number of H-pyrrole nitrogens is 2. The molecule has 24 heteroatoms. The fourth-order valence-electron chi connectivity index (χ4n) is 14.9. The number of rotatable bonds is 20. The number of methoxy groups -OCH3 is 2. The number of urea groups is 2. The fourth-order valence-corrected chi connectivity index (χ4v) is 18.2. The summed E-state index contributed by atoms with van der Waals surface area (Å²) >= 11 is 16.0. The lowest BCUT2D eigenvalue weighted by atomic mass is 9.87. The van der Waals surface area contributed by atoms with Gasteiger partial charge in [-0.2, -0.15) is 23.5 Å². The Morgan fingerprint density at radius 2 is 0.924 bits per heavy atom. The third-order valence-corrected chi connectivity index (χ3v) is 23.0. The molecule has 8 amide bonds. The first-order chi connectivity index (χ1) is 44.7. The Bertz CT molecular complexity index is 3560. The molecule has 20 nitrogen and oxygen atoms in total. The van der Waals surface area contributed by atoms with Crippen LogP contribution in [0, 0.1) is 0 Å². The largest absolute Gasteiger partial charge is 0.467 e. The highest BCUT2D eigenvalue weighted by Gasteiger charge is 2.48. The van der Waals surface area contributed by atoms with Gasteiger partial charge in [-0.1, -0.05) is 73.5 Å². The number of halogens is 2. The maximum atomic E-state index is 13.6. The number of para-hydroxylation sites is 2. The third-order valence-electron chi connectivity index (χ3n) is 19.5.